The normalized spacial score (nSPS) is 20.6. The SMILES string of the molecule is CCOc1ccc(C(CNS(=O)(=O)NC2CCCC2)N2CCCCC2)cc1. The standard InChI is InChI=1S/C20H33N3O3S/c1-2-26-19-12-10-17(11-13-19)20(23-14-6-3-7-15-23)16-21-27(24,25)22-18-8-4-5-9-18/h10-13,18,20-22H,2-9,14-16H2,1H3. The van der Waals surface area contributed by atoms with Gasteiger partial charge in [-0.3, -0.25) is 4.90 Å². The first kappa shape index (κ1) is 20.6. The minimum atomic E-state index is -3.47. The molecule has 1 saturated carbocycles. The van der Waals surface area contributed by atoms with Crippen molar-refractivity contribution in [2.45, 2.75) is 64.0 Å². The molecule has 0 aromatic heterocycles. The third-order valence-electron chi connectivity index (χ3n) is 5.55. The first-order valence-electron chi connectivity index (χ1n) is 10.3. The van der Waals surface area contributed by atoms with Crippen LogP contribution < -0.4 is 14.2 Å². The molecular weight excluding hydrogens is 362 g/mol. The van der Waals surface area contributed by atoms with Crippen LogP contribution in [-0.4, -0.2) is 45.6 Å². The van der Waals surface area contributed by atoms with Gasteiger partial charge in [0.15, 0.2) is 0 Å². The lowest BCUT2D eigenvalue weighted by Gasteiger charge is -2.35. The minimum absolute atomic E-state index is 0.0427. The van der Waals surface area contributed by atoms with Crippen molar-refractivity contribution in [1.29, 1.82) is 0 Å². The number of likely N-dealkylation sites (tertiary alicyclic amines) is 1. The molecule has 2 fully saturated rings. The Hall–Kier alpha value is -1.15. The Balaban J connectivity index is 1.67. The lowest BCUT2D eigenvalue weighted by molar-refractivity contribution is 0.164. The topological polar surface area (TPSA) is 70.7 Å². The molecule has 0 spiro atoms. The maximum atomic E-state index is 12.5. The highest BCUT2D eigenvalue weighted by molar-refractivity contribution is 7.87. The Labute approximate surface area is 163 Å². The molecule has 1 saturated heterocycles. The zero-order chi connectivity index (χ0) is 19.1. The van der Waals surface area contributed by atoms with Gasteiger partial charge in [0.1, 0.15) is 5.75 Å². The van der Waals surface area contributed by atoms with E-state index in [0.717, 1.165) is 50.1 Å². The van der Waals surface area contributed by atoms with Gasteiger partial charge in [-0.1, -0.05) is 31.4 Å². The van der Waals surface area contributed by atoms with Crippen molar-refractivity contribution in [2.75, 3.05) is 26.2 Å². The second-order valence-electron chi connectivity index (χ2n) is 7.57. The quantitative estimate of drug-likeness (QED) is 0.674. The Morgan fingerprint density at radius 3 is 2.37 bits per heavy atom. The van der Waals surface area contributed by atoms with Gasteiger partial charge in [-0.2, -0.15) is 13.1 Å². The van der Waals surface area contributed by atoms with Crippen molar-refractivity contribution in [3.63, 3.8) is 0 Å². The van der Waals surface area contributed by atoms with Gasteiger partial charge in [0, 0.05) is 18.6 Å². The van der Waals surface area contributed by atoms with Crippen LogP contribution in [0.25, 0.3) is 0 Å². The van der Waals surface area contributed by atoms with Crippen LogP contribution in [0.2, 0.25) is 0 Å². The number of hydrogen-bond donors (Lipinski definition) is 2. The Morgan fingerprint density at radius 2 is 1.74 bits per heavy atom. The van der Waals surface area contributed by atoms with E-state index in [-0.39, 0.29) is 12.1 Å². The molecule has 1 aromatic carbocycles. The minimum Gasteiger partial charge on any atom is -0.494 e. The predicted octanol–water partition coefficient (Wildman–Crippen LogP) is 2.98. The first-order chi connectivity index (χ1) is 13.1. The van der Waals surface area contributed by atoms with E-state index in [1.807, 2.05) is 19.1 Å². The fourth-order valence-corrected chi connectivity index (χ4v) is 5.27. The summed E-state index contributed by atoms with van der Waals surface area (Å²) in [5, 5.41) is 0. The maximum absolute atomic E-state index is 12.5. The first-order valence-corrected chi connectivity index (χ1v) is 11.8. The molecule has 1 atom stereocenters. The van der Waals surface area contributed by atoms with E-state index in [2.05, 4.69) is 26.5 Å². The van der Waals surface area contributed by atoms with Crippen LogP contribution in [0.3, 0.4) is 0 Å². The molecular formula is C20H33N3O3S. The van der Waals surface area contributed by atoms with Crippen molar-refractivity contribution in [3.05, 3.63) is 29.8 Å². The highest BCUT2D eigenvalue weighted by Gasteiger charge is 2.26. The maximum Gasteiger partial charge on any atom is 0.277 e. The second-order valence-corrected chi connectivity index (χ2v) is 9.10. The summed E-state index contributed by atoms with van der Waals surface area (Å²) in [6.45, 7) is 5.01. The molecule has 0 radical (unpaired) electrons. The van der Waals surface area contributed by atoms with Crippen LogP contribution in [0.15, 0.2) is 24.3 Å². The van der Waals surface area contributed by atoms with E-state index in [1.54, 1.807) is 0 Å². The van der Waals surface area contributed by atoms with Gasteiger partial charge < -0.3 is 4.74 Å². The van der Waals surface area contributed by atoms with Crippen molar-refractivity contribution < 1.29 is 13.2 Å². The van der Waals surface area contributed by atoms with Crippen LogP contribution >= 0.6 is 0 Å². The van der Waals surface area contributed by atoms with E-state index in [1.165, 1.54) is 19.3 Å². The average Bonchev–Trinajstić information content (AvgIpc) is 3.16. The van der Waals surface area contributed by atoms with E-state index >= 15 is 0 Å². The largest absolute Gasteiger partial charge is 0.494 e. The molecule has 0 amide bonds. The van der Waals surface area contributed by atoms with Gasteiger partial charge in [-0.25, -0.2) is 4.72 Å². The van der Waals surface area contributed by atoms with Crippen LogP contribution in [0.4, 0.5) is 0 Å². The zero-order valence-electron chi connectivity index (χ0n) is 16.3. The summed E-state index contributed by atoms with van der Waals surface area (Å²) in [6, 6.07) is 8.19. The van der Waals surface area contributed by atoms with E-state index in [0.29, 0.717) is 13.2 Å². The molecule has 6 nitrogen and oxygen atoms in total. The third-order valence-corrected chi connectivity index (χ3v) is 6.74. The van der Waals surface area contributed by atoms with Gasteiger partial charge in [0.25, 0.3) is 10.2 Å². The van der Waals surface area contributed by atoms with Gasteiger partial charge in [-0.05, 0) is 63.4 Å². The lowest BCUT2D eigenvalue weighted by atomic mass is 10.0. The number of rotatable bonds is 9. The fraction of sp³-hybridized carbons (Fsp3) is 0.700. The van der Waals surface area contributed by atoms with Crippen molar-refractivity contribution in [2.24, 2.45) is 0 Å². The molecule has 7 heteroatoms. The van der Waals surface area contributed by atoms with Crippen molar-refractivity contribution in [1.82, 2.24) is 14.3 Å². The van der Waals surface area contributed by atoms with Gasteiger partial charge in [0.2, 0.25) is 0 Å². The molecule has 2 N–H and O–H groups in total. The van der Waals surface area contributed by atoms with Crippen molar-refractivity contribution >= 4 is 10.2 Å². The third kappa shape index (κ3) is 6.17. The van der Waals surface area contributed by atoms with E-state index in [9.17, 15) is 8.42 Å². The summed E-state index contributed by atoms with van der Waals surface area (Å²) >= 11 is 0. The Morgan fingerprint density at radius 1 is 1.07 bits per heavy atom. The molecule has 3 rings (SSSR count). The number of ether oxygens (including phenoxy) is 1. The smallest absolute Gasteiger partial charge is 0.277 e. The molecule has 27 heavy (non-hydrogen) atoms. The van der Waals surface area contributed by atoms with Crippen LogP contribution in [-0.2, 0) is 10.2 Å². The molecule has 1 unspecified atom stereocenters. The average molecular weight is 396 g/mol. The molecule has 2 aliphatic rings. The number of benzene rings is 1. The summed E-state index contributed by atoms with van der Waals surface area (Å²) in [6.07, 6.45) is 7.68. The van der Waals surface area contributed by atoms with E-state index < -0.39 is 10.2 Å². The molecule has 1 aliphatic carbocycles. The Kier molecular flexibility index (Phi) is 7.52. The van der Waals surface area contributed by atoms with Gasteiger partial charge in [0.05, 0.1) is 6.61 Å². The molecule has 0 bridgehead atoms. The number of nitrogens with zero attached hydrogens (tertiary/aromatic N) is 1. The van der Waals surface area contributed by atoms with Gasteiger partial charge >= 0.3 is 0 Å². The predicted molar refractivity (Wildman–Crippen MR) is 108 cm³/mol. The number of nitrogens with one attached hydrogen (secondary N) is 2. The van der Waals surface area contributed by atoms with Crippen LogP contribution in [0.1, 0.15) is 63.5 Å². The molecule has 152 valence electrons. The van der Waals surface area contributed by atoms with Crippen molar-refractivity contribution in [3.8, 4) is 5.75 Å². The summed E-state index contributed by atoms with van der Waals surface area (Å²) in [5.41, 5.74) is 1.13. The highest BCUT2D eigenvalue weighted by Crippen LogP contribution is 2.26. The van der Waals surface area contributed by atoms with E-state index in [4.69, 9.17) is 4.74 Å². The second kappa shape index (κ2) is 9.87. The summed E-state index contributed by atoms with van der Waals surface area (Å²) in [5.74, 6) is 0.849. The summed E-state index contributed by atoms with van der Waals surface area (Å²) < 4.78 is 36.1. The zero-order valence-corrected chi connectivity index (χ0v) is 17.1. The van der Waals surface area contributed by atoms with Crippen LogP contribution in [0.5, 0.6) is 5.75 Å². The highest BCUT2D eigenvalue weighted by atomic mass is 32.2. The monoisotopic (exact) mass is 395 g/mol. The molecule has 1 heterocycles. The van der Waals surface area contributed by atoms with Crippen LogP contribution in [0, 0.1) is 0 Å². The Bertz CT molecular complexity index is 666. The summed E-state index contributed by atoms with van der Waals surface area (Å²) in [7, 11) is -3.47. The lowest BCUT2D eigenvalue weighted by Crippen LogP contribution is -2.46. The number of hydrogen-bond acceptors (Lipinski definition) is 4. The molecule has 1 aliphatic heterocycles. The molecule has 1 aromatic rings. The van der Waals surface area contributed by atoms with Gasteiger partial charge in [-0.15, -0.1) is 0 Å². The summed E-state index contributed by atoms with van der Waals surface area (Å²) in [4.78, 5) is 2.40. The fourth-order valence-electron chi connectivity index (χ4n) is 4.13. The number of piperidine rings is 1.